The van der Waals surface area contributed by atoms with Crippen molar-refractivity contribution in [2.24, 2.45) is 0 Å². The maximum Gasteiger partial charge on any atom is 0.389 e. The van der Waals surface area contributed by atoms with Crippen LogP contribution in [0.15, 0.2) is 24.3 Å². The lowest BCUT2D eigenvalue weighted by atomic mass is 10.2. The zero-order valence-electron chi connectivity index (χ0n) is 11.4. The van der Waals surface area contributed by atoms with E-state index in [9.17, 15) is 18.0 Å². The zero-order chi connectivity index (χ0) is 15.9. The van der Waals surface area contributed by atoms with Gasteiger partial charge < -0.3 is 10.1 Å². The van der Waals surface area contributed by atoms with Crippen molar-refractivity contribution in [1.29, 1.82) is 5.26 Å². The summed E-state index contributed by atoms with van der Waals surface area (Å²) in [6, 6.07) is 8.24. The van der Waals surface area contributed by atoms with E-state index in [1.165, 1.54) is 13.0 Å². The van der Waals surface area contributed by atoms with E-state index in [2.05, 4.69) is 5.32 Å². The molecule has 0 radical (unpaired) electrons. The van der Waals surface area contributed by atoms with Crippen molar-refractivity contribution < 1.29 is 22.7 Å². The average molecular weight is 300 g/mol. The number of anilines is 1. The summed E-state index contributed by atoms with van der Waals surface area (Å²) >= 11 is 0. The topological polar surface area (TPSA) is 62.1 Å². The predicted octanol–water partition coefficient (Wildman–Crippen LogP) is 3.24. The van der Waals surface area contributed by atoms with Crippen LogP contribution in [0, 0.1) is 11.3 Å². The molecule has 0 aromatic heterocycles. The van der Waals surface area contributed by atoms with Crippen molar-refractivity contribution in [3.63, 3.8) is 0 Å². The van der Waals surface area contributed by atoms with Crippen LogP contribution in [0.3, 0.4) is 0 Å². The van der Waals surface area contributed by atoms with Gasteiger partial charge in [-0.2, -0.15) is 18.4 Å². The number of carbonyl (C=O) groups is 1. The van der Waals surface area contributed by atoms with E-state index in [1.807, 2.05) is 6.07 Å². The number of halogens is 3. The minimum Gasteiger partial charge on any atom is -0.369 e. The summed E-state index contributed by atoms with van der Waals surface area (Å²) < 4.78 is 40.9. The Balaban J connectivity index is 2.39. The summed E-state index contributed by atoms with van der Waals surface area (Å²) in [5.41, 5.74) is 0.830. The molecule has 0 aliphatic rings. The van der Waals surface area contributed by atoms with Gasteiger partial charge in [-0.1, -0.05) is 6.07 Å². The highest BCUT2D eigenvalue weighted by Gasteiger charge is 2.26. The van der Waals surface area contributed by atoms with Crippen molar-refractivity contribution >= 4 is 11.6 Å². The Hall–Kier alpha value is -2.07. The van der Waals surface area contributed by atoms with Gasteiger partial charge in [0.15, 0.2) is 0 Å². The van der Waals surface area contributed by atoms with Gasteiger partial charge in [0.05, 0.1) is 11.6 Å². The fourth-order valence-corrected chi connectivity index (χ4v) is 1.52. The lowest BCUT2D eigenvalue weighted by Gasteiger charge is -2.14. The molecule has 7 heteroatoms. The number of nitriles is 1. The van der Waals surface area contributed by atoms with Gasteiger partial charge in [0.1, 0.15) is 6.10 Å². The molecule has 21 heavy (non-hydrogen) atoms. The van der Waals surface area contributed by atoms with Gasteiger partial charge in [-0.3, -0.25) is 4.79 Å². The van der Waals surface area contributed by atoms with Gasteiger partial charge >= 0.3 is 6.18 Å². The first-order valence-corrected chi connectivity index (χ1v) is 6.31. The van der Waals surface area contributed by atoms with Gasteiger partial charge in [-0.15, -0.1) is 0 Å². The average Bonchev–Trinajstić information content (AvgIpc) is 2.42. The fraction of sp³-hybridized carbons (Fsp3) is 0.429. The summed E-state index contributed by atoms with van der Waals surface area (Å²) in [4.78, 5) is 11.8. The molecule has 1 rings (SSSR count). The lowest BCUT2D eigenvalue weighted by molar-refractivity contribution is -0.140. The van der Waals surface area contributed by atoms with E-state index in [-0.39, 0.29) is 13.0 Å². The SMILES string of the molecule is CC(OCCCC(F)(F)F)C(=O)Nc1cccc(C#N)c1. The maximum atomic E-state index is 11.9. The molecule has 1 aromatic rings. The van der Waals surface area contributed by atoms with Crippen molar-refractivity contribution in [2.75, 3.05) is 11.9 Å². The number of nitrogens with one attached hydrogen (secondary N) is 1. The molecule has 1 amide bonds. The second-order valence-corrected chi connectivity index (χ2v) is 4.41. The second-order valence-electron chi connectivity index (χ2n) is 4.41. The smallest absolute Gasteiger partial charge is 0.369 e. The Morgan fingerprint density at radius 3 is 2.81 bits per heavy atom. The summed E-state index contributed by atoms with van der Waals surface area (Å²) in [5.74, 6) is -0.475. The minimum atomic E-state index is -4.22. The highest BCUT2D eigenvalue weighted by Crippen LogP contribution is 2.21. The Labute approximate surface area is 120 Å². The van der Waals surface area contributed by atoms with E-state index >= 15 is 0 Å². The van der Waals surface area contributed by atoms with Crippen LogP contribution in [0.4, 0.5) is 18.9 Å². The molecule has 0 spiro atoms. The van der Waals surface area contributed by atoms with Crippen LogP contribution in [0.2, 0.25) is 0 Å². The van der Waals surface area contributed by atoms with Crippen LogP contribution in [0.1, 0.15) is 25.3 Å². The molecule has 0 saturated heterocycles. The van der Waals surface area contributed by atoms with Crippen LogP contribution in [-0.4, -0.2) is 24.8 Å². The molecular formula is C14H15F3N2O2. The van der Waals surface area contributed by atoms with Gasteiger partial charge in [-0.25, -0.2) is 0 Å². The van der Waals surface area contributed by atoms with E-state index in [0.29, 0.717) is 11.3 Å². The standard InChI is InChI=1S/C14H15F3N2O2/c1-10(21-7-3-6-14(15,16)17)13(20)19-12-5-2-4-11(8-12)9-18/h2,4-5,8,10H,3,6-7H2,1H3,(H,19,20). The van der Waals surface area contributed by atoms with Crippen molar-refractivity contribution in [3.05, 3.63) is 29.8 Å². The number of amides is 1. The second kappa shape index (κ2) is 7.64. The molecule has 0 fully saturated rings. The third-order valence-electron chi connectivity index (χ3n) is 2.60. The van der Waals surface area contributed by atoms with E-state index in [4.69, 9.17) is 10.00 Å². The quantitative estimate of drug-likeness (QED) is 0.820. The van der Waals surface area contributed by atoms with Crippen LogP contribution in [0.5, 0.6) is 0 Å². The van der Waals surface area contributed by atoms with Crippen LogP contribution >= 0.6 is 0 Å². The van der Waals surface area contributed by atoms with Gasteiger partial charge in [0, 0.05) is 18.7 Å². The fourth-order valence-electron chi connectivity index (χ4n) is 1.52. The Kier molecular flexibility index (Phi) is 6.18. The third kappa shape index (κ3) is 6.77. The number of nitrogens with zero attached hydrogens (tertiary/aromatic N) is 1. The first-order valence-electron chi connectivity index (χ1n) is 6.31. The van der Waals surface area contributed by atoms with Gasteiger partial charge in [0.25, 0.3) is 5.91 Å². The highest BCUT2D eigenvalue weighted by molar-refractivity contribution is 5.94. The first kappa shape index (κ1) is 17.0. The summed E-state index contributed by atoms with van der Waals surface area (Å²) in [7, 11) is 0. The maximum absolute atomic E-state index is 11.9. The van der Waals surface area contributed by atoms with Crippen molar-refractivity contribution in [1.82, 2.24) is 0 Å². The highest BCUT2D eigenvalue weighted by atomic mass is 19.4. The van der Waals surface area contributed by atoms with Crippen LogP contribution in [0.25, 0.3) is 0 Å². The number of carbonyl (C=O) groups excluding carboxylic acids is 1. The molecule has 0 aliphatic carbocycles. The first-order chi connectivity index (χ1) is 9.81. The van der Waals surface area contributed by atoms with Crippen molar-refractivity contribution in [2.45, 2.75) is 32.0 Å². The Morgan fingerprint density at radius 1 is 1.48 bits per heavy atom. The van der Waals surface area contributed by atoms with Gasteiger partial charge in [-0.05, 0) is 31.5 Å². The minimum absolute atomic E-state index is 0.146. The molecule has 0 heterocycles. The van der Waals surface area contributed by atoms with Crippen LogP contribution < -0.4 is 5.32 Å². The molecule has 114 valence electrons. The summed E-state index contributed by atoms with van der Waals surface area (Å²) in [6.07, 6.45) is -6.22. The third-order valence-corrected chi connectivity index (χ3v) is 2.60. The molecule has 1 aromatic carbocycles. The molecule has 0 bridgehead atoms. The predicted molar refractivity (Wildman–Crippen MR) is 70.5 cm³/mol. The summed E-state index contributed by atoms with van der Waals surface area (Å²) in [6.45, 7) is 1.31. The molecule has 4 nitrogen and oxygen atoms in total. The Morgan fingerprint density at radius 2 is 2.19 bits per heavy atom. The molecule has 1 atom stereocenters. The van der Waals surface area contributed by atoms with Gasteiger partial charge in [0.2, 0.25) is 0 Å². The molecular weight excluding hydrogens is 285 g/mol. The monoisotopic (exact) mass is 300 g/mol. The zero-order valence-corrected chi connectivity index (χ0v) is 11.4. The Bertz CT molecular complexity index is 524. The van der Waals surface area contributed by atoms with Crippen LogP contribution in [-0.2, 0) is 9.53 Å². The van der Waals surface area contributed by atoms with E-state index < -0.39 is 24.6 Å². The van der Waals surface area contributed by atoms with E-state index in [0.717, 1.165) is 0 Å². The van der Waals surface area contributed by atoms with Crippen molar-refractivity contribution in [3.8, 4) is 6.07 Å². The normalized spacial score (nSPS) is 12.5. The largest absolute Gasteiger partial charge is 0.389 e. The number of benzene rings is 1. The molecule has 1 N–H and O–H groups in total. The number of hydrogen-bond acceptors (Lipinski definition) is 3. The number of ether oxygens (including phenoxy) is 1. The summed E-state index contributed by atoms with van der Waals surface area (Å²) in [5, 5.41) is 11.3. The van der Waals surface area contributed by atoms with E-state index in [1.54, 1.807) is 18.2 Å². The number of hydrogen-bond donors (Lipinski definition) is 1. The molecule has 0 saturated carbocycles. The number of alkyl halides is 3. The number of rotatable bonds is 6. The molecule has 1 unspecified atom stereocenters. The molecule has 0 aliphatic heterocycles. The lowest BCUT2D eigenvalue weighted by Crippen LogP contribution is -2.28.